The summed E-state index contributed by atoms with van der Waals surface area (Å²) in [6.07, 6.45) is 1.03. The topological polar surface area (TPSA) is 16.3 Å². The van der Waals surface area contributed by atoms with Crippen molar-refractivity contribution >= 4 is 110 Å². The molecule has 18 rings (SSSR count). The first-order chi connectivity index (χ1) is 50.9. The van der Waals surface area contributed by atoms with Crippen molar-refractivity contribution in [2.75, 3.05) is 9.80 Å². The number of aromatic nitrogens is 2. The van der Waals surface area contributed by atoms with Crippen LogP contribution >= 0.6 is 31.9 Å². The van der Waals surface area contributed by atoms with Crippen LogP contribution < -0.4 is 9.80 Å². The SMILES string of the molecule is Brc1cc(Br)cc(-n2c3ccc(-c4ccccc4)cc3c3cc(-c4ccccc4)ccc32)c1.c1ccc(-c2ccc3c(c2)c2cc(-c4ccccc4)ccc2n3-c2cc(N(c3ccccc3)c3ccccc3)cc(N(c3ccccc3)c3ccccc3)c2)cc1.c1ccc(Cc2ccccc2)cc1. The summed E-state index contributed by atoms with van der Waals surface area (Å²) in [4.78, 5) is 4.71. The molecule has 4 nitrogen and oxygen atoms in total. The molecule has 0 aliphatic carbocycles. The van der Waals surface area contributed by atoms with Crippen LogP contribution in [0.25, 0.3) is 99.5 Å². The van der Waals surface area contributed by atoms with Crippen molar-refractivity contribution in [3.05, 3.63) is 433 Å². The van der Waals surface area contributed by atoms with E-state index in [9.17, 15) is 0 Å². The Morgan fingerprint density at radius 1 is 0.194 bits per heavy atom. The van der Waals surface area contributed by atoms with Gasteiger partial charge in [-0.2, -0.15) is 0 Å². The van der Waals surface area contributed by atoms with Gasteiger partial charge in [-0.3, -0.25) is 0 Å². The van der Waals surface area contributed by atoms with Crippen LogP contribution in [0.4, 0.5) is 34.1 Å². The van der Waals surface area contributed by atoms with Crippen LogP contribution in [0.2, 0.25) is 0 Å². The summed E-state index contributed by atoms with van der Waals surface area (Å²) in [6, 6.07) is 147. The molecule has 0 saturated heterocycles. The second-order valence-electron chi connectivity index (χ2n) is 25.6. The predicted octanol–water partition coefficient (Wildman–Crippen LogP) is 28.0. The first-order valence-corrected chi connectivity index (χ1v) is 36.4. The van der Waals surface area contributed by atoms with Crippen LogP contribution in [-0.2, 0) is 6.42 Å². The second-order valence-corrected chi connectivity index (χ2v) is 27.4. The van der Waals surface area contributed by atoms with E-state index >= 15 is 0 Å². The second kappa shape index (κ2) is 30.3. The van der Waals surface area contributed by atoms with E-state index < -0.39 is 0 Å². The monoisotopic (exact) mass is 1450 g/mol. The zero-order valence-corrected chi connectivity index (χ0v) is 59.7. The van der Waals surface area contributed by atoms with Crippen molar-refractivity contribution < 1.29 is 0 Å². The number of benzene rings is 16. The van der Waals surface area contributed by atoms with E-state index in [1.54, 1.807) is 0 Å². The van der Waals surface area contributed by atoms with Crippen molar-refractivity contribution in [1.29, 1.82) is 0 Å². The fourth-order valence-electron chi connectivity index (χ4n) is 14.1. The van der Waals surface area contributed by atoms with Crippen LogP contribution in [0.3, 0.4) is 0 Å². The van der Waals surface area contributed by atoms with Gasteiger partial charge in [0.05, 0.1) is 39.1 Å². The third-order valence-electron chi connectivity index (χ3n) is 18.9. The first-order valence-electron chi connectivity index (χ1n) is 34.8. The number of fused-ring (bicyclic) bond motifs is 6. The number of nitrogens with zero attached hydrogens (tertiary/aromatic N) is 4. The summed E-state index contributed by atoms with van der Waals surface area (Å²) < 4.78 is 6.89. The Morgan fingerprint density at radius 3 is 0.689 bits per heavy atom. The molecule has 0 aliphatic heterocycles. The Labute approximate surface area is 618 Å². The van der Waals surface area contributed by atoms with Gasteiger partial charge in [0.25, 0.3) is 0 Å². The summed E-state index contributed by atoms with van der Waals surface area (Å²) in [5.74, 6) is 0. The summed E-state index contributed by atoms with van der Waals surface area (Å²) in [5.41, 5.74) is 25.7. The van der Waals surface area contributed by atoms with Gasteiger partial charge in [0, 0.05) is 58.9 Å². The largest absolute Gasteiger partial charge is 0.310 e. The predicted molar refractivity (Wildman–Crippen MR) is 444 cm³/mol. The van der Waals surface area contributed by atoms with Gasteiger partial charge in [0.2, 0.25) is 0 Å². The van der Waals surface area contributed by atoms with Crippen molar-refractivity contribution in [3.63, 3.8) is 0 Å². The van der Waals surface area contributed by atoms with Crippen LogP contribution in [0.15, 0.2) is 421 Å². The summed E-state index contributed by atoms with van der Waals surface area (Å²) in [7, 11) is 0. The first kappa shape index (κ1) is 65.3. The molecule has 6 heteroatoms. The molecule has 0 atom stereocenters. The van der Waals surface area contributed by atoms with Gasteiger partial charge in [-0.25, -0.2) is 0 Å². The average molecular weight is 1450 g/mol. The highest BCUT2D eigenvalue weighted by atomic mass is 79.9. The van der Waals surface area contributed by atoms with E-state index in [0.29, 0.717) is 0 Å². The lowest BCUT2D eigenvalue weighted by molar-refractivity contribution is 1.16. The Bertz CT molecular complexity index is 5450. The molecule has 103 heavy (non-hydrogen) atoms. The molecular formula is C97H70Br2N4. The fraction of sp³-hybridized carbons (Fsp3) is 0.0103. The Balaban J connectivity index is 0.000000148. The van der Waals surface area contributed by atoms with Crippen LogP contribution in [0.5, 0.6) is 0 Å². The molecule has 0 fully saturated rings. The number of hydrogen-bond acceptors (Lipinski definition) is 2. The van der Waals surface area contributed by atoms with Crippen LogP contribution in [0.1, 0.15) is 11.1 Å². The maximum absolute atomic E-state index is 3.67. The zero-order valence-electron chi connectivity index (χ0n) is 56.5. The van der Waals surface area contributed by atoms with E-state index in [-0.39, 0.29) is 0 Å². The van der Waals surface area contributed by atoms with Gasteiger partial charge in [-0.15, -0.1) is 0 Å². The van der Waals surface area contributed by atoms with Crippen LogP contribution in [0, 0.1) is 0 Å². The lowest BCUT2D eigenvalue weighted by Crippen LogP contribution is -2.14. The van der Waals surface area contributed by atoms with Crippen molar-refractivity contribution in [2.24, 2.45) is 0 Å². The highest BCUT2D eigenvalue weighted by Crippen LogP contribution is 2.46. The standard InChI is InChI=1S/C54H39N3.C30H19Br2N.C13H12/c1-7-19-40(20-8-1)42-31-33-53-51(35-42)52-36-43(41-21-9-2-10-22-41)32-34-54(52)57(53)50-38-48(55(44-23-11-3-12-24-44)45-25-13-4-14-26-45)37-49(39-50)56(46-27-15-5-16-28-46)47-29-17-6-18-30-47;31-24-17-25(32)19-26(18-24)33-29-13-11-22(20-7-3-1-4-8-20)15-27(29)28-16-23(12-14-30(28)33)21-9-5-2-6-10-21;1-3-7-12(8-4-1)11-13-9-5-2-6-10-13/h1-39H;1-19H;1-10H,11H2. The lowest BCUT2D eigenvalue weighted by atomic mass is 10.0. The maximum atomic E-state index is 3.67. The molecule has 2 aromatic heterocycles. The minimum Gasteiger partial charge on any atom is -0.310 e. The van der Waals surface area contributed by atoms with Gasteiger partial charge in [-0.1, -0.05) is 311 Å². The molecule has 2 heterocycles. The van der Waals surface area contributed by atoms with Gasteiger partial charge >= 0.3 is 0 Å². The fourth-order valence-corrected chi connectivity index (χ4v) is 15.4. The molecule has 0 unspecified atom stereocenters. The number of para-hydroxylation sites is 4. The number of hydrogen-bond donors (Lipinski definition) is 0. The molecule has 492 valence electrons. The quantitative estimate of drug-likeness (QED) is 0.108. The third kappa shape index (κ3) is 14.3. The maximum Gasteiger partial charge on any atom is 0.0541 e. The normalized spacial score (nSPS) is 11.0. The van der Waals surface area contributed by atoms with Crippen molar-refractivity contribution in [2.45, 2.75) is 6.42 Å². The third-order valence-corrected chi connectivity index (χ3v) is 19.8. The van der Waals surface area contributed by atoms with Crippen molar-refractivity contribution in [3.8, 4) is 55.9 Å². The number of anilines is 6. The molecule has 0 bridgehead atoms. The summed E-state index contributed by atoms with van der Waals surface area (Å²) >= 11 is 7.34. The van der Waals surface area contributed by atoms with E-state index in [1.165, 1.54) is 88.2 Å². The van der Waals surface area contributed by atoms with E-state index in [2.05, 4.69) is 463 Å². The van der Waals surface area contributed by atoms with Gasteiger partial charge < -0.3 is 18.9 Å². The lowest BCUT2D eigenvalue weighted by Gasteiger charge is -2.30. The molecule has 0 saturated carbocycles. The highest BCUT2D eigenvalue weighted by Gasteiger charge is 2.23. The molecule has 0 N–H and O–H groups in total. The van der Waals surface area contributed by atoms with E-state index in [4.69, 9.17) is 0 Å². The van der Waals surface area contributed by atoms with Gasteiger partial charge in [-0.05, 0) is 196 Å². The molecule has 18 aromatic rings. The number of halogens is 2. The van der Waals surface area contributed by atoms with Gasteiger partial charge in [0.1, 0.15) is 0 Å². The van der Waals surface area contributed by atoms with Gasteiger partial charge in [0.15, 0.2) is 0 Å². The molecular weight excluding hydrogens is 1380 g/mol. The van der Waals surface area contributed by atoms with Crippen LogP contribution in [-0.4, -0.2) is 9.13 Å². The van der Waals surface area contributed by atoms with E-state index in [1.807, 2.05) is 0 Å². The minimum atomic E-state index is 1.03. The highest BCUT2D eigenvalue weighted by molar-refractivity contribution is 9.11. The Morgan fingerprint density at radius 2 is 0.427 bits per heavy atom. The zero-order chi connectivity index (χ0) is 69.3. The molecule has 0 radical (unpaired) electrons. The summed E-state index contributed by atoms with van der Waals surface area (Å²) in [6.45, 7) is 0. The summed E-state index contributed by atoms with van der Waals surface area (Å²) in [5, 5.41) is 4.92. The molecule has 0 aliphatic rings. The molecule has 0 spiro atoms. The number of rotatable bonds is 14. The van der Waals surface area contributed by atoms with E-state index in [0.717, 1.165) is 71.9 Å². The Kier molecular flexibility index (Phi) is 19.2. The Hall–Kier alpha value is -12.3. The molecule has 0 amide bonds. The minimum absolute atomic E-state index is 1.03. The molecule has 16 aromatic carbocycles. The smallest absolute Gasteiger partial charge is 0.0541 e. The average Bonchev–Trinajstić information content (AvgIpc) is 1.60. The van der Waals surface area contributed by atoms with Crippen molar-refractivity contribution in [1.82, 2.24) is 9.13 Å².